The van der Waals surface area contributed by atoms with Crippen molar-refractivity contribution in [2.75, 3.05) is 53.3 Å². The molecule has 0 aromatic heterocycles. The number of carbonyl (C=O) groups is 1. The summed E-state index contributed by atoms with van der Waals surface area (Å²) in [6, 6.07) is 7.73. The van der Waals surface area contributed by atoms with Gasteiger partial charge in [0.25, 0.3) is 0 Å². The first-order valence-corrected chi connectivity index (χ1v) is 7.81. The smallest absolute Gasteiger partial charge is 0.176 e. The second-order valence-corrected chi connectivity index (χ2v) is 5.29. The van der Waals surface area contributed by atoms with Gasteiger partial charge in [0.15, 0.2) is 5.78 Å². The number of ketones is 1. The van der Waals surface area contributed by atoms with Crippen molar-refractivity contribution in [2.24, 2.45) is 0 Å². The van der Waals surface area contributed by atoms with Crippen LogP contribution in [0.2, 0.25) is 0 Å². The van der Waals surface area contributed by atoms with E-state index in [1.807, 2.05) is 30.5 Å². The molecule has 0 heterocycles. The highest BCUT2D eigenvalue weighted by molar-refractivity contribution is 7.98. The van der Waals surface area contributed by atoms with Gasteiger partial charge in [0.2, 0.25) is 0 Å². The van der Waals surface area contributed by atoms with E-state index in [0.29, 0.717) is 19.8 Å². The van der Waals surface area contributed by atoms with E-state index in [2.05, 4.69) is 4.90 Å². The van der Waals surface area contributed by atoms with Crippen molar-refractivity contribution in [1.82, 2.24) is 4.90 Å². The largest absolute Gasteiger partial charge is 0.383 e. The Morgan fingerprint density at radius 3 is 2.10 bits per heavy atom. The molecule has 0 aliphatic rings. The average Bonchev–Trinajstić information content (AvgIpc) is 2.49. The minimum Gasteiger partial charge on any atom is -0.383 e. The molecule has 0 fully saturated rings. The van der Waals surface area contributed by atoms with Crippen molar-refractivity contribution in [1.29, 1.82) is 0 Å². The third kappa shape index (κ3) is 6.05. The van der Waals surface area contributed by atoms with E-state index in [1.165, 1.54) is 0 Å². The Morgan fingerprint density at radius 1 is 1.10 bits per heavy atom. The Balaban J connectivity index is 2.58. The van der Waals surface area contributed by atoms with Crippen LogP contribution in [0, 0.1) is 0 Å². The summed E-state index contributed by atoms with van der Waals surface area (Å²) in [5.74, 6) is 0.129. The van der Waals surface area contributed by atoms with Crippen LogP contribution in [0.4, 0.5) is 0 Å². The van der Waals surface area contributed by atoms with Crippen LogP contribution in [-0.4, -0.2) is 64.0 Å². The van der Waals surface area contributed by atoms with E-state index in [0.717, 1.165) is 23.5 Å². The van der Waals surface area contributed by atoms with Crippen LogP contribution < -0.4 is 0 Å². The normalized spacial score (nSPS) is 11.0. The molecule has 0 atom stereocenters. The molecule has 0 amide bonds. The van der Waals surface area contributed by atoms with E-state index in [9.17, 15) is 4.79 Å². The second kappa shape index (κ2) is 9.94. The molecule has 112 valence electrons. The predicted octanol–water partition coefficient (Wildman–Crippen LogP) is 2.19. The topological polar surface area (TPSA) is 38.8 Å². The van der Waals surface area contributed by atoms with Gasteiger partial charge in [-0.3, -0.25) is 9.69 Å². The summed E-state index contributed by atoms with van der Waals surface area (Å²) in [5.41, 5.74) is 0.752. The van der Waals surface area contributed by atoms with Crippen molar-refractivity contribution in [3.8, 4) is 0 Å². The summed E-state index contributed by atoms with van der Waals surface area (Å²) in [7, 11) is 3.33. The number of benzene rings is 1. The van der Waals surface area contributed by atoms with E-state index in [-0.39, 0.29) is 5.78 Å². The molecule has 20 heavy (non-hydrogen) atoms. The third-order valence-corrected chi connectivity index (χ3v) is 3.75. The zero-order valence-corrected chi connectivity index (χ0v) is 13.2. The minimum absolute atomic E-state index is 0.129. The van der Waals surface area contributed by atoms with Gasteiger partial charge in [-0.25, -0.2) is 0 Å². The summed E-state index contributed by atoms with van der Waals surface area (Å²) < 4.78 is 10.1. The van der Waals surface area contributed by atoms with Crippen LogP contribution in [0.3, 0.4) is 0 Å². The summed E-state index contributed by atoms with van der Waals surface area (Å²) >= 11 is 1.67. The molecule has 0 N–H and O–H groups in total. The molecule has 1 aromatic carbocycles. The van der Waals surface area contributed by atoms with E-state index in [4.69, 9.17) is 9.47 Å². The molecule has 1 aromatic rings. The number of hydrogen-bond donors (Lipinski definition) is 0. The SMILES string of the molecule is COCCN(CCOC)CC(=O)c1ccc(SC)cc1. The van der Waals surface area contributed by atoms with Gasteiger partial charge in [0.1, 0.15) is 0 Å². The summed E-state index contributed by atoms with van der Waals surface area (Å²) in [6.07, 6.45) is 2.02. The van der Waals surface area contributed by atoms with Crippen LogP contribution in [0.25, 0.3) is 0 Å². The quantitative estimate of drug-likeness (QED) is 0.489. The number of carbonyl (C=O) groups excluding carboxylic acids is 1. The van der Waals surface area contributed by atoms with Crippen molar-refractivity contribution >= 4 is 17.5 Å². The number of Topliss-reactive ketones (excluding diaryl/α,β-unsaturated/α-hetero) is 1. The number of hydrogen-bond acceptors (Lipinski definition) is 5. The maximum Gasteiger partial charge on any atom is 0.176 e. The molecular weight excluding hydrogens is 274 g/mol. The van der Waals surface area contributed by atoms with E-state index < -0.39 is 0 Å². The highest BCUT2D eigenvalue weighted by Crippen LogP contribution is 2.15. The molecule has 0 aliphatic heterocycles. The summed E-state index contributed by atoms with van der Waals surface area (Å²) in [6.45, 7) is 3.08. The second-order valence-electron chi connectivity index (χ2n) is 4.41. The molecule has 4 nitrogen and oxygen atoms in total. The first-order chi connectivity index (χ1) is 9.71. The molecule has 1 rings (SSSR count). The lowest BCUT2D eigenvalue weighted by atomic mass is 10.1. The molecule has 0 bridgehead atoms. The van der Waals surface area contributed by atoms with Gasteiger partial charge in [-0.2, -0.15) is 0 Å². The van der Waals surface area contributed by atoms with Crippen LogP contribution in [0.5, 0.6) is 0 Å². The molecule has 0 unspecified atom stereocenters. The van der Waals surface area contributed by atoms with Crippen LogP contribution in [-0.2, 0) is 9.47 Å². The van der Waals surface area contributed by atoms with Gasteiger partial charge in [-0.1, -0.05) is 12.1 Å². The Hall–Kier alpha value is -0.880. The molecule has 0 radical (unpaired) electrons. The minimum atomic E-state index is 0.129. The molecular formula is C15H23NO3S. The Labute approximate surface area is 125 Å². The third-order valence-electron chi connectivity index (χ3n) is 3.00. The predicted molar refractivity (Wildman–Crippen MR) is 82.7 cm³/mol. The Bertz CT molecular complexity index is 387. The first kappa shape index (κ1) is 17.2. The molecule has 0 aliphatic carbocycles. The Kier molecular flexibility index (Phi) is 8.53. The van der Waals surface area contributed by atoms with Gasteiger partial charge in [-0.15, -0.1) is 11.8 Å². The fourth-order valence-corrected chi connectivity index (χ4v) is 2.19. The number of methoxy groups -OCH3 is 2. The van der Waals surface area contributed by atoms with Crippen molar-refractivity contribution < 1.29 is 14.3 Å². The monoisotopic (exact) mass is 297 g/mol. The fourth-order valence-electron chi connectivity index (χ4n) is 1.78. The van der Waals surface area contributed by atoms with Gasteiger partial charge in [0, 0.05) is 37.8 Å². The zero-order valence-electron chi connectivity index (χ0n) is 12.4. The Morgan fingerprint density at radius 2 is 1.65 bits per heavy atom. The van der Waals surface area contributed by atoms with Gasteiger partial charge < -0.3 is 9.47 Å². The van der Waals surface area contributed by atoms with E-state index >= 15 is 0 Å². The number of nitrogens with zero attached hydrogens (tertiary/aromatic N) is 1. The van der Waals surface area contributed by atoms with Gasteiger partial charge >= 0.3 is 0 Å². The number of thioether (sulfide) groups is 1. The van der Waals surface area contributed by atoms with Gasteiger partial charge in [-0.05, 0) is 18.4 Å². The lowest BCUT2D eigenvalue weighted by molar-refractivity contribution is 0.0837. The lowest BCUT2D eigenvalue weighted by Gasteiger charge is -2.20. The molecule has 0 spiro atoms. The highest BCUT2D eigenvalue weighted by Gasteiger charge is 2.12. The maximum atomic E-state index is 12.3. The first-order valence-electron chi connectivity index (χ1n) is 6.58. The van der Waals surface area contributed by atoms with Crippen LogP contribution >= 0.6 is 11.8 Å². The van der Waals surface area contributed by atoms with Gasteiger partial charge in [0.05, 0.1) is 19.8 Å². The highest BCUT2D eigenvalue weighted by atomic mass is 32.2. The van der Waals surface area contributed by atoms with Crippen molar-refractivity contribution in [3.63, 3.8) is 0 Å². The molecule has 0 saturated heterocycles. The standard InChI is InChI=1S/C15H23NO3S/c1-18-10-8-16(9-11-19-2)12-15(17)13-4-6-14(20-3)7-5-13/h4-7H,8-12H2,1-3H3. The number of ether oxygens (including phenoxy) is 2. The number of rotatable bonds is 10. The molecule has 0 saturated carbocycles. The zero-order chi connectivity index (χ0) is 14.8. The summed E-state index contributed by atoms with van der Waals surface area (Å²) in [4.78, 5) is 15.5. The summed E-state index contributed by atoms with van der Waals surface area (Å²) in [5, 5.41) is 0. The maximum absolute atomic E-state index is 12.3. The van der Waals surface area contributed by atoms with Crippen molar-refractivity contribution in [3.05, 3.63) is 29.8 Å². The fraction of sp³-hybridized carbons (Fsp3) is 0.533. The average molecular weight is 297 g/mol. The molecule has 5 heteroatoms. The van der Waals surface area contributed by atoms with Crippen LogP contribution in [0.15, 0.2) is 29.2 Å². The van der Waals surface area contributed by atoms with Crippen LogP contribution in [0.1, 0.15) is 10.4 Å². The lowest BCUT2D eigenvalue weighted by Crippen LogP contribution is -2.35. The van der Waals surface area contributed by atoms with E-state index in [1.54, 1.807) is 26.0 Å². The van der Waals surface area contributed by atoms with Crippen molar-refractivity contribution in [2.45, 2.75) is 4.90 Å².